The summed E-state index contributed by atoms with van der Waals surface area (Å²) >= 11 is 0. The van der Waals surface area contributed by atoms with Crippen molar-refractivity contribution >= 4 is 16.7 Å². The van der Waals surface area contributed by atoms with Gasteiger partial charge < -0.3 is 5.73 Å². The van der Waals surface area contributed by atoms with E-state index in [0.29, 0.717) is 0 Å². The molecule has 2 N–H and O–H groups in total. The van der Waals surface area contributed by atoms with E-state index in [1.54, 1.807) is 0 Å². The van der Waals surface area contributed by atoms with E-state index in [-0.39, 0.29) is 17.7 Å². The molecule has 3 nitrogen and oxygen atoms in total. The summed E-state index contributed by atoms with van der Waals surface area (Å²) in [6.07, 6.45) is 2.71. The number of nitrogens with zero attached hydrogens (tertiary/aromatic N) is 1. The fourth-order valence-electron chi connectivity index (χ4n) is 2.14. The predicted octanol–water partition coefficient (Wildman–Crippen LogP) is 1.82. The summed E-state index contributed by atoms with van der Waals surface area (Å²) < 4.78 is 0. The van der Waals surface area contributed by atoms with E-state index >= 15 is 0 Å². The van der Waals surface area contributed by atoms with Gasteiger partial charge in [-0.25, -0.2) is 0 Å². The molecule has 1 aromatic carbocycles. The Morgan fingerprint density at radius 1 is 1.31 bits per heavy atom. The molecular weight excluding hydrogens is 200 g/mol. The first-order valence-electron chi connectivity index (χ1n) is 5.40. The van der Waals surface area contributed by atoms with Crippen LogP contribution in [0.5, 0.6) is 0 Å². The van der Waals surface area contributed by atoms with Crippen LogP contribution >= 0.6 is 0 Å². The first-order valence-corrected chi connectivity index (χ1v) is 5.40. The van der Waals surface area contributed by atoms with Crippen LogP contribution in [0.15, 0.2) is 36.5 Å². The Morgan fingerprint density at radius 3 is 2.75 bits per heavy atom. The van der Waals surface area contributed by atoms with Crippen LogP contribution in [0.1, 0.15) is 18.0 Å². The van der Waals surface area contributed by atoms with Gasteiger partial charge in [-0.15, -0.1) is 0 Å². The minimum Gasteiger partial charge on any atom is -0.369 e. The molecule has 16 heavy (non-hydrogen) atoms. The lowest BCUT2D eigenvalue weighted by atomic mass is 10.1. The zero-order valence-corrected chi connectivity index (χ0v) is 8.76. The normalized spacial score (nSPS) is 23.2. The molecular formula is C13H12N2O. The number of primary amides is 1. The molecule has 2 unspecified atom stereocenters. The van der Waals surface area contributed by atoms with Crippen molar-refractivity contribution in [3.8, 4) is 0 Å². The van der Waals surface area contributed by atoms with Gasteiger partial charge in [0.1, 0.15) is 0 Å². The van der Waals surface area contributed by atoms with Gasteiger partial charge in [-0.05, 0) is 17.9 Å². The molecule has 1 amide bonds. The molecule has 0 bridgehead atoms. The van der Waals surface area contributed by atoms with Gasteiger partial charge in [0.05, 0.1) is 0 Å². The monoisotopic (exact) mass is 212 g/mol. The molecule has 0 saturated heterocycles. The Bertz CT molecular complexity index is 565. The van der Waals surface area contributed by atoms with Gasteiger partial charge in [0, 0.05) is 29.1 Å². The molecule has 0 aliphatic heterocycles. The lowest BCUT2D eigenvalue weighted by Gasteiger charge is -2.01. The number of hydrogen-bond donors (Lipinski definition) is 1. The number of benzene rings is 1. The van der Waals surface area contributed by atoms with E-state index in [0.717, 1.165) is 17.5 Å². The molecule has 1 fully saturated rings. The van der Waals surface area contributed by atoms with Gasteiger partial charge in [0.15, 0.2) is 0 Å². The van der Waals surface area contributed by atoms with Gasteiger partial charge in [-0.1, -0.05) is 24.3 Å². The van der Waals surface area contributed by atoms with Crippen LogP contribution in [0.25, 0.3) is 10.8 Å². The largest absolute Gasteiger partial charge is 0.369 e. The molecule has 2 atom stereocenters. The minimum absolute atomic E-state index is 0.00587. The second-order valence-electron chi connectivity index (χ2n) is 4.31. The van der Waals surface area contributed by atoms with Crippen molar-refractivity contribution in [2.45, 2.75) is 12.3 Å². The Kier molecular flexibility index (Phi) is 1.93. The topological polar surface area (TPSA) is 56.0 Å². The maximum Gasteiger partial charge on any atom is 0.221 e. The van der Waals surface area contributed by atoms with E-state index in [1.165, 1.54) is 5.39 Å². The van der Waals surface area contributed by atoms with Crippen molar-refractivity contribution in [1.82, 2.24) is 4.98 Å². The molecule has 1 aromatic heterocycles. The Balaban J connectivity index is 1.98. The summed E-state index contributed by atoms with van der Waals surface area (Å²) in [5.41, 5.74) is 6.26. The number of carbonyl (C=O) groups is 1. The van der Waals surface area contributed by atoms with Crippen LogP contribution in [0, 0.1) is 5.92 Å². The van der Waals surface area contributed by atoms with Crippen LogP contribution in [-0.2, 0) is 4.79 Å². The van der Waals surface area contributed by atoms with Crippen molar-refractivity contribution in [3.63, 3.8) is 0 Å². The SMILES string of the molecule is NC(=O)C1CC1c1cc2ccccc2cn1. The summed E-state index contributed by atoms with van der Waals surface area (Å²) in [7, 11) is 0. The third kappa shape index (κ3) is 1.45. The van der Waals surface area contributed by atoms with E-state index in [1.807, 2.05) is 24.4 Å². The quantitative estimate of drug-likeness (QED) is 0.825. The highest BCUT2D eigenvalue weighted by molar-refractivity contribution is 5.84. The van der Waals surface area contributed by atoms with Gasteiger partial charge in [0.2, 0.25) is 5.91 Å². The van der Waals surface area contributed by atoms with Gasteiger partial charge in [-0.3, -0.25) is 9.78 Å². The minimum atomic E-state index is -0.208. The number of hydrogen-bond acceptors (Lipinski definition) is 2. The first-order chi connectivity index (χ1) is 7.75. The lowest BCUT2D eigenvalue weighted by molar-refractivity contribution is -0.119. The second kappa shape index (κ2) is 3.30. The van der Waals surface area contributed by atoms with Crippen LogP contribution in [-0.4, -0.2) is 10.9 Å². The Hall–Kier alpha value is -1.90. The zero-order valence-electron chi connectivity index (χ0n) is 8.76. The highest BCUT2D eigenvalue weighted by atomic mass is 16.1. The third-order valence-corrected chi connectivity index (χ3v) is 3.19. The maximum absolute atomic E-state index is 11.0. The molecule has 0 spiro atoms. The second-order valence-corrected chi connectivity index (χ2v) is 4.31. The van der Waals surface area contributed by atoms with E-state index < -0.39 is 0 Å². The van der Waals surface area contributed by atoms with Gasteiger partial charge in [-0.2, -0.15) is 0 Å². The molecule has 1 saturated carbocycles. The number of rotatable bonds is 2. The fraction of sp³-hybridized carbons (Fsp3) is 0.231. The number of carbonyl (C=O) groups excluding carboxylic acids is 1. The highest BCUT2D eigenvalue weighted by Gasteiger charge is 2.43. The van der Waals surface area contributed by atoms with Crippen molar-refractivity contribution in [1.29, 1.82) is 0 Å². The van der Waals surface area contributed by atoms with Crippen molar-refractivity contribution < 1.29 is 4.79 Å². The van der Waals surface area contributed by atoms with Crippen LogP contribution < -0.4 is 5.73 Å². The molecule has 2 aromatic rings. The van der Waals surface area contributed by atoms with Gasteiger partial charge in [0.25, 0.3) is 0 Å². The molecule has 80 valence electrons. The average molecular weight is 212 g/mol. The average Bonchev–Trinajstić information content (AvgIpc) is 3.08. The van der Waals surface area contributed by atoms with Gasteiger partial charge >= 0.3 is 0 Å². The molecule has 1 heterocycles. The maximum atomic E-state index is 11.0. The van der Waals surface area contributed by atoms with Crippen molar-refractivity contribution in [2.24, 2.45) is 11.7 Å². The predicted molar refractivity (Wildman–Crippen MR) is 61.8 cm³/mol. The Morgan fingerprint density at radius 2 is 2.06 bits per heavy atom. The standard InChI is InChI=1S/C13H12N2O/c14-13(16)11-6-10(11)12-5-8-3-1-2-4-9(8)7-15-12/h1-5,7,10-11H,6H2,(H2,14,16). The summed E-state index contributed by atoms with van der Waals surface area (Å²) in [6.45, 7) is 0. The number of aromatic nitrogens is 1. The molecule has 0 radical (unpaired) electrons. The van der Waals surface area contributed by atoms with Crippen molar-refractivity contribution in [2.75, 3.05) is 0 Å². The van der Waals surface area contributed by atoms with E-state index in [4.69, 9.17) is 5.73 Å². The number of amides is 1. The smallest absolute Gasteiger partial charge is 0.221 e. The zero-order chi connectivity index (χ0) is 11.1. The fourth-order valence-corrected chi connectivity index (χ4v) is 2.14. The molecule has 3 heteroatoms. The lowest BCUT2D eigenvalue weighted by Crippen LogP contribution is -2.13. The summed E-state index contributed by atoms with van der Waals surface area (Å²) in [4.78, 5) is 15.4. The number of fused-ring (bicyclic) bond motifs is 1. The van der Waals surface area contributed by atoms with Crippen molar-refractivity contribution in [3.05, 3.63) is 42.2 Å². The molecule has 1 aliphatic carbocycles. The first kappa shape index (κ1) is 9.33. The number of nitrogens with two attached hydrogens (primary N) is 1. The van der Waals surface area contributed by atoms with E-state index in [2.05, 4.69) is 17.1 Å². The molecule has 3 rings (SSSR count). The molecule has 1 aliphatic rings. The highest BCUT2D eigenvalue weighted by Crippen LogP contribution is 2.46. The summed E-state index contributed by atoms with van der Waals surface area (Å²) in [5, 5.41) is 2.30. The van der Waals surface area contributed by atoms with Crippen LogP contribution in [0.2, 0.25) is 0 Å². The third-order valence-electron chi connectivity index (χ3n) is 3.19. The van der Waals surface area contributed by atoms with Crippen LogP contribution in [0.3, 0.4) is 0 Å². The summed E-state index contributed by atoms with van der Waals surface area (Å²) in [6, 6.07) is 10.1. The summed E-state index contributed by atoms with van der Waals surface area (Å²) in [5.74, 6) is 0.0238. The van der Waals surface area contributed by atoms with Crippen LogP contribution in [0.4, 0.5) is 0 Å². The number of pyridine rings is 1. The van der Waals surface area contributed by atoms with E-state index in [9.17, 15) is 4.79 Å². The Labute approximate surface area is 93.3 Å².